The van der Waals surface area contributed by atoms with Gasteiger partial charge >= 0.3 is 0 Å². The van der Waals surface area contributed by atoms with Crippen LogP contribution in [0.3, 0.4) is 0 Å². The molecule has 0 aromatic rings. The van der Waals surface area contributed by atoms with Gasteiger partial charge in [-0.25, -0.2) is 0 Å². The van der Waals surface area contributed by atoms with Crippen LogP contribution in [0, 0.1) is 0 Å². The van der Waals surface area contributed by atoms with E-state index in [1.54, 1.807) is 0 Å². The summed E-state index contributed by atoms with van der Waals surface area (Å²) in [4.78, 5) is 12.5. The summed E-state index contributed by atoms with van der Waals surface area (Å²) in [5.74, 6) is -0.288. The van der Waals surface area contributed by atoms with Crippen LogP contribution < -0.4 is 5.32 Å². The molecular weight excluding hydrogens is 655 g/mol. The highest BCUT2D eigenvalue weighted by Gasteiger charge is 2.21. The van der Waals surface area contributed by atoms with Crippen LogP contribution in [0.25, 0.3) is 0 Å². The van der Waals surface area contributed by atoms with Crippen LogP contribution in [-0.4, -0.2) is 46.1 Å². The zero-order valence-electron chi connectivity index (χ0n) is 35.9. The van der Waals surface area contributed by atoms with E-state index in [1.807, 2.05) is 0 Å². The van der Waals surface area contributed by atoms with E-state index in [9.17, 15) is 20.1 Å². The maximum atomic E-state index is 12.5. The van der Waals surface area contributed by atoms with E-state index in [0.29, 0.717) is 12.8 Å². The summed E-state index contributed by atoms with van der Waals surface area (Å²) in [7, 11) is 0. The summed E-state index contributed by atoms with van der Waals surface area (Å²) in [6.45, 7) is 4.27. The normalized spacial score (nSPS) is 13.5. The van der Waals surface area contributed by atoms with Gasteiger partial charge in [0.05, 0.1) is 31.3 Å². The topological polar surface area (TPSA) is 89.8 Å². The van der Waals surface area contributed by atoms with Crippen LogP contribution in [-0.2, 0) is 4.79 Å². The lowest BCUT2D eigenvalue weighted by Gasteiger charge is -2.23. The number of hydrogen-bond acceptors (Lipinski definition) is 4. The third kappa shape index (κ3) is 40.6. The van der Waals surface area contributed by atoms with Crippen molar-refractivity contribution in [3.63, 3.8) is 0 Å². The van der Waals surface area contributed by atoms with Crippen LogP contribution in [0.4, 0.5) is 0 Å². The molecule has 316 valence electrons. The summed E-state index contributed by atoms with van der Waals surface area (Å²) < 4.78 is 0. The molecule has 3 atom stereocenters. The van der Waals surface area contributed by atoms with Gasteiger partial charge in [-0.15, -0.1) is 0 Å². The quantitative estimate of drug-likeness (QED) is 0.0369. The molecule has 0 heterocycles. The van der Waals surface area contributed by atoms with Crippen molar-refractivity contribution in [1.82, 2.24) is 5.32 Å². The lowest BCUT2D eigenvalue weighted by atomic mass is 10.0. The molecular formula is C48H95NO4. The summed E-state index contributed by atoms with van der Waals surface area (Å²) in [6.07, 6.45) is 52.0. The molecule has 0 radical (unpaired) electrons. The van der Waals surface area contributed by atoms with Crippen molar-refractivity contribution in [2.24, 2.45) is 0 Å². The molecule has 3 unspecified atom stereocenters. The Morgan fingerprint density at radius 3 is 1.11 bits per heavy atom. The second-order valence-electron chi connectivity index (χ2n) is 16.7. The average Bonchev–Trinajstić information content (AvgIpc) is 3.15. The highest BCUT2D eigenvalue weighted by atomic mass is 16.3. The second kappa shape index (κ2) is 43.8. The fraction of sp³-hybridized carbons (Fsp3) is 0.938. The number of unbranched alkanes of at least 4 members (excludes halogenated alkanes) is 33. The van der Waals surface area contributed by atoms with E-state index < -0.39 is 18.2 Å². The molecule has 0 spiro atoms. The molecule has 0 aromatic carbocycles. The molecule has 53 heavy (non-hydrogen) atoms. The monoisotopic (exact) mass is 750 g/mol. The SMILES string of the molecule is CCCCCCCCC/C=C\CCCCCC(O)CC(=O)NC(CO)C(O)CCCCCCCCCCCCCCCCCCCCCCCCCC. The zero-order valence-corrected chi connectivity index (χ0v) is 35.9. The minimum absolute atomic E-state index is 0.0288. The van der Waals surface area contributed by atoms with Gasteiger partial charge in [-0.1, -0.05) is 231 Å². The Morgan fingerprint density at radius 2 is 0.755 bits per heavy atom. The van der Waals surface area contributed by atoms with Gasteiger partial charge in [0.25, 0.3) is 0 Å². The van der Waals surface area contributed by atoms with Gasteiger partial charge in [-0.2, -0.15) is 0 Å². The third-order valence-corrected chi connectivity index (χ3v) is 11.3. The standard InChI is InChI=1S/C48H95NO4/c1-3-5-7-9-11-13-15-17-19-20-21-22-23-24-25-26-27-28-30-32-34-36-38-40-42-47(52)46(44-50)49-48(53)43-45(51)41-39-37-35-33-31-29-18-16-14-12-10-8-6-4-2/h29,31,45-47,50-52H,3-28,30,32-44H2,1-2H3,(H,49,53)/b31-29-. The van der Waals surface area contributed by atoms with Gasteiger partial charge < -0.3 is 20.6 Å². The largest absolute Gasteiger partial charge is 0.394 e. The van der Waals surface area contributed by atoms with Crippen molar-refractivity contribution in [1.29, 1.82) is 0 Å². The first-order valence-electron chi connectivity index (χ1n) is 24.0. The number of aliphatic hydroxyl groups excluding tert-OH is 3. The number of hydrogen-bond donors (Lipinski definition) is 4. The van der Waals surface area contributed by atoms with Gasteiger partial charge in [-0.3, -0.25) is 4.79 Å². The number of carbonyl (C=O) groups excluding carboxylic acids is 1. The van der Waals surface area contributed by atoms with Crippen LogP contribution in [0.5, 0.6) is 0 Å². The lowest BCUT2D eigenvalue weighted by molar-refractivity contribution is -0.125. The molecule has 0 rings (SSSR count). The third-order valence-electron chi connectivity index (χ3n) is 11.3. The first kappa shape index (κ1) is 52.1. The maximum absolute atomic E-state index is 12.5. The molecule has 0 saturated heterocycles. The molecule has 0 aliphatic heterocycles. The lowest BCUT2D eigenvalue weighted by Crippen LogP contribution is -2.46. The molecule has 5 nitrogen and oxygen atoms in total. The summed E-state index contributed by atoms with van der Waals surface area (Å²) >= 11 is 0. The first-order chi connectivity index (χ1) is 26.0. The van der Waals surface area contributed by atoms with E-state index in [2.05, 4.69) is 31.3 Å². The average molecular weight is 750 g/mol. The highest BCUT2D eigenvalue weighted by molar-refractivity contribution is 5.76. The number of nitrogens with one attached hydrogen (secondary N) is 1. The molecule has 0 bridgehead atoms. The second-order valence-corrected chi connectivity index (χ2v) is 16.7. The Hall–Kier alpha value is -0.910. The van der Waals surface area contributed by atoms with Crippen molar-refractivity contribution < 1.29 is 20.1 Å². The smallest absolute Gasteiger partial charge is 0.222 e. The molecule has 0 aliphatic rings. The van der Waals surface area contributed by atoms with Crippen molar-refractivity contribution >= 4 is 5.91 Å². The van der Waals surface area contributed by atoms with Crippen LogP contribution in [0.1, 0.15) is 264 Å². The fourth-order valence-corrected chi connectivity index (χ4v) is 7.64. The van der Waals surface area contributed by atoms with E-state index >= 15 is 0 Å². The Labute approximate surface area is 331 Å². The fourth-order valence-electron chi connectivity index (χ4n) is 7.64. The van der Waals surface area contributed by atoms with Crippen molar-refractivity contribution in [2.75, 3.05) is 6.61 Å². The van der Waals surface area contributed by atoms with E-state index in [0.717, 1.165) is 38.5 Å². The summed E-state index contributed by atoms with van der Waals surface area (Å²) in [5.41, 5.74) is 0. The van der Waals surface area contributed by atoms with Crippen LogP contribution >= 0.6 is 0 Å². The van der Waals surface area contributed by atoms with Gasteiger partial charge in [0.2, 0.25) is 5.91 Å². The molecule has 5 heteroatoms. The molecule has 1 amide bonds. The minimum Gasteiger partial charge on any atom is -0.394 e. The molecule has 0 saturated carbocycles. The van der Waals surface area contributed by atoms with Gasteiger partial charge in [0.15, 0.2) is 0 Å². The van der Waals surface area contributed by atoms with Crippen LogP contribution in [0.15, 0.2) is 12.2 Å². The molecule has 0 aliphatic carbocycles. The molecule has 0 aromatic heterocycles. The van der Waals surface area contributed by atoms with E-state index in [4.69, 9.17) is 0 Å². The highest BCUT2D eigenvalue weighted by Crippen LogP contribution is 2.17. The zero-order chi connectivity index (χ0) is 38.7. The number of amides is 1. The van der Waals surface area contributed by atoms with Crippen LogP contribution in [0.2, 0.25) is 0 Å². The summed E-state index contributed by atoms with van der Waals surface area (Å²) in [5, 5.41) is 33.4. The number of aliphatic hydroxyl groups is 3. The minimum atomic E-state index is -0.750. The predicted molar refractivity (Wildman–Crippen MR) is 232 cm³/mol. The van der Waals surface area contributed by atoms with Crippen molar-refractivity contribution in [2.45, 2.75) is 283 Å². The Kier molecular flexibility index (Phi) is 43.1. The van der Waals surface area contributed by atoms with Gasteiger partial charge in [0, 0.05) is 0 Å². The maximum Gasteiger partial charge on any atom is 0.222 e. The Morgan fingerprint density at radius 1 is 0.453 bits per heavy atom. The number of rotatable bonds is 44. The van der Waals surface area contributed by atoms with E-state index in [-0.39, 0.29) is 18.9 Å². The Balaban J connectivity index is 3.55. The first-order valence-corrected chi connectivity index (χ1v) is 24.0. The molecule has 4 N–H and O–H groups in total. The van der Waals surface area contributed by atoms with Gasteiger partial charge in [0.1, 0.15) is 0 Å². The number of carbonyl (C=O) groups is 1. The summed E-state index contributed by atoms with van der Waals surface area (Å²) in [6, 6.07) is -0.660. The van der Waals surface area contributed by atoms with Crippen molar-refractivity contribution in [3.8, 4) is 0 Å². The van der Waals surface area contributed by atoms with E-state index in [1.165, 1.54) is 193 Å². The Bertz CT molecular complexity index is 743. The predicted octanol–water partition coefficient (Wildman–Crippen LogP) is 14.0. The van der Waals surface area contributed by atoms with Gasteiger partial charge in [-0.05, 0) is 38.5 Å². The number of allylic oxidation sites excluding steroid dienone is 2. The molecule has 0 fully saturated rings. The van der Waals surface area contributed by atoms with Crippen molar-refractivity contribution in [3.05, 3.63) is 12.2 Å².